The van der Waals surface area contributed by atoms with Crippen LogP contribution < -0.4 is 11.1 Å². The zero-order valence-corrected chi connectivity index (χ0v) is 11.4. The van der Waals surface area contributed by atoms with E-state index in [1.165, 1.54) is 5.56 Å². The summed E-state index contributed by atoms with van der Waals surface area (Å²) in [7, 11) is 4.05. The van der Waals surface area contributed by atoms with Crippen LogP contribution >= 0.6 is 0 Å². The number of nitrogens with two attached hydrogens (primary N) is 1. The Hall–Kier alpha value is -1.43. The number of hydrogen-bond acceptors (Lipinski definition) is 4. The molecule has 2 unspecified atom stereocenters. The number of hydrogen-bond donors (Lipinski definition) is 2. The van der Waals surface area contributed by atoms with Gasteiger partial charge < -0.3 is 20.7 Å². The van der Waals surface area contributed by atoms with E-state index in [0.29, 0.717) is 13.2 Å². The molecule has 1 aliphatic rings. The highest BCUT2D eigenvalue weighted by atomic mass is 16.5. The van der Waals surface area contributed by atoms with Crippen LogP contribution in [-0.4, -0.2) is 44.2 Å². The van der Waals surface area contributed by atoms with Crippen LogP contribution in [0.1, 0.15) is 5.56 Å². The van der Waals surface area contributed by atoms with E-state index in [2.05, 4.69) is 10.2 Å². The first-order valence-corrected chi connectivity index (χ1v) is 6.44. The number of nitrogens with zero attached hydrogens (tertiary/aromatic N) is 1. The van der Waals surface area contributed by atoms with Crippen molar-refractivity contribution in [3.63, 3.8) is 0 Å². The highest BCUT2D eigenvalue weighted by Crippen LogP contribution is 2.16. The summed E-state index contributed by atoms with van der Waals surface area (Å²) in [6, 6.07) is 7.66. The van der Waals surface area contributed by atoms with Crippen LogP contribution in [0.5, 0.6) is 0 Å². The Kier molecular flexibility index (Phi) is 4.52. The van der Waals surface area contributed by atoms with Crippen molar-refractivity contribution in [3.8, 4) is 0 Å². The number of rotatable bonds is 4. The van der Waals surface area contributed by atoms with Crippen LogP contribution in [0.25, 0.3) is 0 Å². The number of carbonyl (C=O) groups is 1. The summed E-state index contributed by atoms with van der Waals surface area (Å²) in [5.41, 5.74) is 7.83. The molecule has 1 heterocycles. The minimum atomic E-state index is -0.249. The van der Waals surface area contributed by atoms with Gasteiger partial charge in [-0.1, -0.05) is 12.1 Å². The van der Waals surface area contributed by atoms with Crippen LogP contribution in [0.4, 0.5) is 5.69 Å². The minimum Gasteiger partial charge on any atom is -0.379 e. The van der Waals surface area contributed by atoms with Crippen molar-refractivity contribution in [1.29, 1.82) is 0 Å². The summed E-state index contributed by atoms with van der Waals surface area (Å²) in [4.78, 5) is 14.1. The van der Waals surface area contributed by atoms with Gasteiger partial charge in [-0.05, 0) is 31.8 Å². The molecule has 1 aromatic carbocycles. The Balaban J connectivity index is 1.93. The Bertz CT molecular complexity index is 431. The number of amides is 1. The SMILES string of the molecule is CN(C)Cc1ccc(NC(=O)C2COCC2N)cc1. The number of benzene rings is 1. The van der Waals surface area contributed by atoms with Gasteiger partial charge in [0.1, 0.15) is 0 Å². The Morgan fingerprint density at radius 1 is 1.37 bits per heavy atom. The van der Waals surface area contributed by atoms with E-state index in [1.54, 1.807) is 0 Å². The predicted molar refractivity (Wildman–Crippen MR) is 74.7 cm³/mol. The molecule has 19 heavy (non-hydrogen) atoms. The minimum absolute atomic E-state index is 0.0645. The van der Waals surface area contributed by atoms with Crippen molar-refractivity contribution in [1.82, 2.24) is 4.90 Å². The van der Waals surface area contributed by atoms with Crippen LogP contribution in [0, 0.1) is 5.92 Å². The topological polar surface area (TPSA) is 67.6 Å². The van der Waals surface area contributed by atoms with Gasteiger partial charge in [0.2, 0.25) is 5.91 Å². The largest absolute Gasteiger partial charge is 0.379 e. The Morgan fingerprint density at radius 2 is 2.05 bits per heavy atom. The van der Waals surface area contributed by atoms with E-state index in [9.17, 15) is 4.79 Å². The first-order valence-electron chi connectivity index (χ1n) is 6.44. The maximum absolute atomic E-state index is 12.0. The summed E-state index contributed by atoms with van der Waals surface area (Å²) in [6.45, 7) is 1.75. The van der Waals surface area contributed by atoms with Gasteiger partial charge in [0.05, 0.1) is 19.1 Å². The van der Waals surface area contributed by atoms with Gasteiger partial charge in [0.25, 0.3) is 0 Å². The molecule has 2 atom stereocenters. The molecule has 2 rings (SSSR count). The fraction of sp³-hybridized carbons (Fsp3) is 0.500. The number of anilines is 1. The van der Waals surface area contributed by atoms with E-state index in [0.717, 1.165) is 12.2 Å². The molecule has 5 nitrogen and oxygen atoms in total. The van der Waals surface area contributed by atoms with Crippen LogP contribution in [0.15, 0.2) is 24.3 Å². The number of carbonyl (C=O) groups excluding carboxylic acids is 1. The van der Waals surface area contributed by atoms with E-state index >= 15 is 0 Å². The van der Waals surface area contributed by atoms with Crippen molar-refractivity contribution in [3.05, 3.63) is 29.8 Å². The van der Waals surface area contributed by atoms with Crippen LogP contribution in [0.2, 0.25) is 0 Å². The first kappa shape index (κ1) is 14.0. The molecule has 1 aliphatic heterocycles. The average molecular weight is 263 g/mol. The summed E-state index contributed by atoms with van der Waals surface area (Å²) in [5.74, 6) is -0.313. The zero-order valence-electron chi connectivity index (χ0n) is 11.4. The van der Waals surface area contributed by atoms with Gasteiger partial charge in [-0.3, -0.25) is 4.79 Å². The quantitative estimate of drug-likeness (QED) is 0.837. The second-order valence-corrected chi connectivity index (χ2v) is 5.23. The van der Waals surface area contributed by atoms with Crippen molar-refractivity contribution >= 4 is 11.6 Å². The third-order valence-corrected chi connectivity index (χ3v) is 3.18. The first-order chi connectivity index (χ1) is 9.06. The third-order valence-electron chi connectivity index (χ3n) is 3.18. The van der Waals surface area contributed by atoms with Crippen LogP contribution in [0.3, 0.4) is 0 Å². The molecule has 5 heteroatoms. The number of nitrogens with one attached hydrogen (secondary N) is 1. The van der Waals surface area contributed by atoms with Crippen LogP contribution in [-0.2, 0) is 16.1 Å². The normalized spacial score (nSPS) is 22.7. The lowest BCUT2D eigenvalue weighted by atomic mass is 10.0. The van der Waals surface area contributed by atoms with E-state index in [-0.39, 0.29) is 17.9 Å². The molecule has 1 saturated heterocycles. The highest BCUT2D eigenvalue weighted by Gasteiger charge is 2.31. The van der Waals surface area contributed by atoms with E-state index in [1.807, 2.05) is 38.4 Å². The van der Waals surface area contributed by atoms with Crippen molar-refractivity contribution in [2.45, 2.75) is 12.6 Å². The van der Waals surface area contributed by atoms with Crippen molar-refractivity contribution < 1.29 is 9.53 Å². The summed E-state index contributed by atoms with van der Waals surface area (Å²) in [5, 5.41) is 2.88. The van der Waals surface area contributed by atoms with Gasteiger partial charge in [-0.2, -0.15) is 0 Å². The molecule has 3 N–H and O–H groups in total. The predicted octanol–water partition coefficient (Wildman–Crippen LogP) is 0.660. The van der Waals surface area contributed by atoms with Gasteiger partial charge in [-0.15, -0.1) is 0 Å². The molecule has 0 bridgehead atoms. The van der Waals surface area contributed by atoms with Gasteiger partial charge in [-0.25, -0.2) is 0 Å². The van der Waals surface area contributed by atoms with E-state index in [4.69, 9.17) is 10.5 Å². The standard InChI is InChI=1S/C14H21N3O2/c1-17(2)7-10-3-5-11(6-4-10)16-14(18)12-8-19-9-13(12)15/h3-6,12-13H,7-9,15H2,1-2H3,(H,16,18). The molecule has 0 spiro atoms. The molecule has 1 fully saturated rings. The Morgan fingerprint density at radius 3 is 2.58 bits per heavy atom. The fourth-order valence-electron chi connectivity index (χ4n) is 2.13. The Labute approximate surface area is 113 Å². The molecular weight excluding hydrogens is 242 g/mol. The highest BCUT2D eigenvalue weighted by molar-refractivity contribution is 5.93. The number of ether oxygens (including phenoxy) is 1. The molecular formula is C14H21N3O2. The van der Waals surface area contributed by atoms with Gasteiger partial charge in [0, 0.05) is 18.3 Å². The molecule has 0 aliphatic carbocycles. The van der Waals surface area contributed by atoms with Crippen molar-refractivity contribution in [2.24, 2.45) is 11.7 Å². The fourth-order valence-corrected chi connectivity index (χ4v) is 2.13. The lowest BCUT2D eigenvalue weighted by molar-refractivity contribution is -0.120. The molecule has 104 valence electrons. The van der Waals surface area contributed by atoms with Gasteiger partial charge in [0.15, 0.2) is 0 Å². The summed E-state index contributed by atoms with van der Waals surface area (Å²) in [6.07, 6.45) is 0. The summed E-state index contributed by atoms with van der Waals surface area (Å²) < 4.78 is 5.20. The maximum Gasteiger partial charge on any atom is 0.231 e. The average Bonchev–Trinajstić information content (AvgIpc) is 2.77. The lowest BCUT2D eigenvalue weighted by Crippen LogP contribution is -2.37. The second kappa shape index (κ2) is 6.14. The molecule has 0 radical (unpaired) electrons. The zero-order chi connectivity index (χ0) is 13.8. The summed E-state index contributed by atoms with van der Waals surface area (Å²) >= 11 is 0. The molecule has 1 amide bonds. The monoisotopic (exact) mass is 263 g/mol. The smallest absolute Gasteiger partial charge is 0.231 e. The van der Waals surface area contributed by atoms with E-state index < -0.39 is 0 Å². The van der Waals surface area contributed by atoms with Crippen molar-refractivity contribution in [2.75, 3.05) is 32.6 Å². The molecule has 0 saturated carbocycles. The lowest BCUT2D eigenvalue weighted by Gasteiger charge is -2.14. The molecule has 1 aromatic rings. The third kappa shape index (κ3) is 3.76. The van der Waals surface area contributed by atoms with Gasteiger partial charge >= 0.3 is 0 Å². The maximum atomic E-state index is 12.0. The second-order valence-electron chi connectivity index (χ2n) is 5.23. The molecule has 0 aromatic heterocycles.